The van der Waals surface area contributed by atoms with Crippen molar-refractivity contribution in [3.05, 3.63) is 71.0 Å². The van der Waals surface area contributed by atoms with Crippen LogP contribution in [0.2, 0.25) is 0 Å². The Balaban J connectivity index is 1.87. The van der Waals surface area contributed by atoms with E-state index < -0.39 is 0 Å². The van der Waals surface area contributed by atoms with Crippen LogP contribution in [0.15, 0.2) is 48.5 Å². The van der Waals surface area contributed by atoms with E-state index in [9.17, 15) is 9.18 Å². The van der Waals surface area contributed by atoms with Gasteiger partial charge in [-0.2, -0.15) is 0 Å². The van der Waals surface area contributed by atoms with E-state index in [0.29, 0.717) is 12.8 Å². The number of hydrogen-bond acceptors (Lipinski definition) is 1. The zero-order valence-electron chi connectivity index (χ0n) is 12.4. The Morgan fingerprint density at radius 2 is 1.81 bits per heavy atom. The number of amides is 1. The van der Waals surface area contributed by atoms with Gasteiger partial charge in [-0.1, -0.05) is 36.4 Å². The minimum Gasteiger partial charge on any atom is -0.350 e. The molecule has 2 rings (SSSR count). The molecule has 0 aliphatic rings. The second-order valence-corrected chi connectivity index (χ2v) is 5.27. The average molecular weight is 285 g/mol. The average Bonchev–Trinajstić information content (AvgIpc) is 2.47. The highest BCUT2D eigenvalue weighted by Crippen LogP contribution is 2.16. The van der Waals surface area contributed by atoms with Gasteiger partial charge in [0.15, 0.2) is 0 Å². The molecule has 2 nitrogen and oxygen atoms in total. The van der Waals surface area contributed by atoms with Gasteiger partial charge in [-0.15, -0.1) is 0 Å². The fourth-order valence-electron chi connectivity index (χ4n) is 2.37. The molecule has 0 aromatic heterocycles. The number of benzene rings is 2. The summed E-state index contributed by atoms with van der Waals surface area (Å²) in [5, 5.41) is 3.01. The van der Waals surface area contributed by atoms with Gasteiger partial charge in [0.1, 0.15) is 5.82 Å². The van der Waals surface area contributed by atoms with Crippen LogP contribution < -0.4 is 5.32 Å². The molecule has 2 aromatic rings. The first kappa shape index (κ1) is 15.2. The van der Waals surface area contributed by atoms with E-state index in [-0.39, 0.29) is 17.8 Å². The molecule has 0 unspecified atom stereocenters. The van der Waals surface area contributed by atoms with Gasteiger partial charge in [0.25, 0.3) is 0 Å². The summed E-state index contributed by atoms with van der Waals surface area (Å²) in [4.78, 5) is 12.0. The normalized spacial score (nSPS) is 12.0. The smallest absolute Gasteiger partial charge is 0.220 e. The van der Waals surface area contributed by atoms with Gasteiger partial charge in [0, 0.05) is 6.42 Å². The highest BCUT2D eigenvalue weighted by molar-refractivity contribution is 5.76. The maximum absolute atomic E-state index is 12.8. The second kappa shape index (κ2) is 7.02. The highest BCUT2D eigenvalue weighted by Gasteiger charge is 2.11. The fraction of sp³-hybridized carbons (Fsp3) is 0.278. The fourth-order valence-corrected chi connectivity index (χ4v) is 2.37. The van der Waals surface area contributed by atoms with Gasteiger partial charge in [-0.05, 0) is 49.1 Å². The SMILES string of the molecule is Cc1ccccc1[C@@H](C)NC(=O)CCc1ccc(F)cc1. The van der Waals surface area contributed by atoms with Crippen molar-refractivity contribution in [3.8, 4) is 0 Å². The van der Waals surface area contributed by atoms with Gasteiger partial charge < -0.3 is 5.32 Å². The van der Waals surface area contributed by atoms with Gasteiger partial charge in [-0.25, -0.2) is 4.39 Å². The molecule has 0 aliphatic carbocycles. The maximum Gasteiger partial charge on any atom is 0.220 e. The lowest BCUT2D eigenvalue weighted by molar-refractivity contribution is -0.121. The topological polar surface area (TPSA) is 29.1 Å². The van der Waals surface area contributed by atoms with Crippen LogP contribution in [0.5, 0.6) is 0 Å². The number of carbonyl (C=O) groups excluding carboxylic acids is 1. The lowest BCUT2D eigenvalue weighted by atomic mass is 10.0. The molecule has 2 aromatic carbocycles. The summed E-state index contributed by atoms with van der Waals surface area (Å²) in [5.74, 6) is -0.244. The molecule has 0 saturated heterocycles. The summed E-state index contributed by atoms with van der Waals surface area (Å²) in [6, 6.07) is 14.3. The van der Waals surface area contributed by atoms with Crippen molar-refractivity contribution < 1.29 is 9.18 Å². The minimum atomic E-state index is -0.253. The van der Waals surface area contributed by atoms with Crippen molar-refractivity contribution in [3.63, 3.8) is 0 Å². The molecular weight excluding hydrogens is 265 g/mol. The van der Waals surface area contributed by atoms with Crippen molar-refractivity contribution in [2.24, 2.45) is 0 Å². The van der Waals surface area contributed by atoms with E-state index >= 15 is 0 Å². The van der Waals surface area contributed by atoms with Crippen molar-refractivity contribution in [1.82, 2.24) is 5.32 Å². The molecule has 3 heteroatoms. The molecule has 0 fully saturated rings. The van der Waals surface area contributed by atoms with Gasteiger partial charge >= 0.3 is 0 Å². The molecule has 1 amide bonds. The van der Waals surface area contributed by atoms with Crippen molar-refractivity contribution in [2.45, 2.75) is 32.7 Å². The molecule has 1 atom stereocenters. The largest absolute Gasteiger partial charge is 0.350 e. The Morgan fingerprint density at radius 3 is 2.48 bits per heavy atom. The van der Waals surface area contributed by atoms with Crippen LogP contribution in [-0.2, 0) is 11.2 Å². The van der Waals surface area contributed by atoms with Crippen LogP contribution in [0.4, 0.5) is 4.39 Å². The Bertz CT molecular complexity index is 607. The van der Waals surface area contributed by atoms with E-state index in [4.69, 9.17) is 0 Å². The minimum absolute atomic E-state index is 0.00748. The zero-order chi connectivity index (χ0) is 15.2. The van der Waals surface area contributed by atoms with Crippen molar-refractivity contribution >= 4 is 5.91 Å². The number of aryl methyl sites for hydroxylation is 2. The molecule has 0 aliphatic heterocycles. The molecule has 0 radical (unpaired) electrons. The lowest BCUT2D eigenvalue weighted by Crippen LogP contribution is -2.27. The standard InChI is InChI=1S/C18H20FNO/c1-13-5-3-4-6-17(13)14(2)20-18(21)12-9-15-7-10-16(19)11-8-15/h3-8,10-11,14H,9,12H2,1-2H3,(H,20,21)/t14-/m1/s1. The number of hydrogen-bond donors (Lipinski definition) is 1. The van der Waals surface area contributed by atoms with Crippen LogP contribution in [0.25, 0.3) is 0 Å². The first-order valence-electron chi connectivity index (χ1n) is 7.15. The van der Waals surface area contributed by atoms with Crippen LogP contribution >= 0.6 is 0 Å². The molecular formula is C18H20FNO. The quantitative estimate of drug-likeness (QED) is 0.885. The van der Waals surface area contributed by atoms with E-state index in [1.807, 2.05) is 38.1 Å². The maximum atomic E-state index is 12.8. The lowest BCUT2D eigenvalue weighted by Gasteiger charge is -2.16. The monoisotopic (exact) mass is 285 g/mol. The van der Waals surface area contributed by atoms with Crippen LogP contribution in [0.1, 0.15) is 36.1 Å². The highest BCUT2D eigenvalue weighted by atomic mass is 19.1. The summed E-state index contributed by atoms with van der Waals surface area (Å²) in [6.45, 7) is 4.02. The summed E-state index contributed by atoms with van der Waals surface area (Å²) in [6.07, 6.45) is 1.02. The number of nitrogens with one attached hydrogen (secondary N) is 1. The molecule has 21 heavy (non-hydrogen) atoms. The Kier molecular flexibility index (Phi) is 5.09. The van der Waals surface area contributed by atoms with E-state index in [1.54, 1.807) is 12.1 Å². The third-order valence-corrected chi connectivity index (χ3v) is 3.59. The van der Waals surface area contributed by atoms with E-state index in [0.717, 1.165) is 11.1 Å². The van der Waals surface area contributed by atoms with E-state index in [2.05, 4.69) is 5.32 Å². The van der Waals surface area contributed by atoms with Crippen LogP contribution in [0.3, 0.4) is 0 Å². The summed E-state index contributed by atoms with van der Waals surface area (Å²) < 4.78 is 12.8. The first-order chi connectivity index (χ1) is 10.1. The Morgan fingerprint density at radius 1 is 1.14 bits per heavy atom. The predicted octanol–water partition coefficient (Wildman–Crippen LogP) is 3.94. The van der Waals surface area contributed by atoms with E-state index in [1.165, 1.54) is 17.7 Å². The number of rotatable bonds is 5. The first-order valence-corrected chi connectivity index (χ1v) is 7.15. The molecule has 0 spiro atoms. The Hall–Kier alpha value is -2.16. The summed E-state index contributed by atoms with van der Waals surface area (Å²) in [7, 11) is 0. The molecule has 0 heterocycles. The van der Waals surface area contributed by atoms with Gasteiger partial charge in [-0.3, -0.25) is 4.79 Å². The Labute approximate surface area is 125 Å². The van der Waals surface area contributed by atoms with Gasteiger partial charge in [0.05, 0.1) is 6.04 Å². The van der Waals surface area contributed by atoms with Crippen molar-refractivity contribution in [2.75, 3.05) is 0 Å². The van der Waals surface area contributed by atoms with Crippen molar-refractivity contribution in [1.29, 1.82) is 0 Å². The molecule has 1 N–H and O–H groups in total. The second-order valence-electron chi connectivity index (χ2n) is 5.27. The summed E-state index contributed by atoms with van der Waals surface area (Å²) in [5.41, 5.74) is 3.27. The van der Waals surface area contributed by atoms with Crippen LogP contribution in [-0.4, -0.2) is 5.91 Å². The van der Waals surface area contributed by atoms with Gasteiger partial charge in [0.2, 0.25) is 5.91 Å². The molecule has 110 valence electrons. The number of halogens is 1. The number of carbonyl (C=O) groups is 1. The molecule has 0 saturated carbocycles. The third-order valence-electron chi connectivity index (χ3n) is 3.59. The predicted molar refractivity (Wildman–Crippen MR) is 82.5 cm³/mol. The molecule has 0 bridgehead atoms. The zero-order valence-corrected chi connectivity index (χ0v) is 12.4. The van der Waals surface area contributed by atoms with Crippen LogP contribution in [0, 0.1) is 12.7 Å². The third kappa shape index (κ3) is 4.42. The summed E-state index contributed by atoms with van der Waals surface area (Å²) >= 11 is 0.